The van der Waals surface area contributed by atoms with Crippen LogP contribution in [-0.2, 0) is 4.84 Å². The zero-order chi connectivity index (χ0) is 11.2. The van der Waals surface area contributed by atoms with E-state index in [9.17, 15) is 4.79 Å². The minimum atomic E-state index is -0.0521. The van der Waals surface area contributed by atoms with Crippen molar-refractivity contribution in [2.24, 2.45) is 5.16 Å². The highest BCUT2D eigenvalue weighted by Crippen LogP contribution is 2.06. The number of hydrogen-bond acceptors (Lipinski definition) is 3. The Bertz CT molecular complexity index is 540. The number of aromatic nitrogens is 1. The highest BCUT2D eigenvalue weighted by atomic mass is 16.6. The van der Waals surface area contributed by atoms with Gasteiger partial charge in [-0.2, -0.15) is 0 Å². The van der Waals surface area contributed by atoms with Gasteiger partial charge < -0.3 is 9.82 Å². The molecule has 1 aliphatic rings. The van der Waals surface area contributed by atoms with Gasteiger partial charge in [0, 0.05) is 24.2 Å². The van der Waals surface area contributed by atoms with E-state index >= 15 is 0 Å². The van der Waals surface area contributed by atoms with Gasteiger partial charge >= 0.3 is 0 Å². The fraction of sp³-hybridized carbons (Fsp3) is 0.167. The topological polar surface area (TPSA) is 54.4 Å². The first-order chi connectivity index (χ1) is 7.86. The Hall–Kier alpha value is -2.10. The summed E-state index contributed by atoms with van der Waals surface area (Å²) >= 11 is 0. The molecule has 2 heterocycles. The second-order valence-corrected chi connectivity index (χ2v) is 3.32. The van der Waals surface area contributed by atoms with Crippen LogP contribution in [0.15, 0.2) is 46.3 Å². The average Bonchev–Trinajstić information content (AvgIpc) is 2.87. The zero-order valence-electron chi connectivity index (χ0n) is 8.72. The van der Waals surface area contributed by atoms with Crippen LogP contribution in [0.1, 0.15) is 6.42 Å². The van der Waals surface area contributed by atoms with Crippen LogP contribution in [0.3, 0.4) is 0 Å². The molecule has 1 N–H and O–H groups in total. The number of para-hydroxylation sites is 1. The zero-order valence-corrected chi connectivity index (χ0v) is 8.72. The molecule has 2 aromatic rings. The first-order valence-corrected chi connectivity index (χ1v) is 5.08. The molecule has 1 aromatic heterocycles. The lowest BCUT2D eigenvalue weighted by atomic mass is 10.2. The van der Waals surface area contributed by atoms with Crippen molar-refractivity contribution >= 4 is 17.1 Å². The molecule has 16 heavy (non-hydrogen) atoms. The largest absolute Gasteiger partial charge is 0.396 e. The Morgan fingerprint density at radius 2 is 2.06 bits per heavy atom. The molecule has 0 unspecified atom stereocenters. The van der Waals surface area contributed by atoms with Crippen LogP contribution in [0.5, 0.6) is 0 Å². The molecule has 4 nitrogen and oxygen atoms in total. The summed E-state index contributed by atoms with van der Waals surface area (Å²) < 4.78 is 0. The Labute approximate surface area is 92.6 Å². The van der Waals surface area contributed by atoms with Crippen LogP contribution in [0, 0.1) is 0 Å². The smallest absolute Gasteiger partial charge is 0.248 e. The third-order valence-corrected chi connectivity index (χ3v) is 2.12. The van der Waals surface area contributed by atoms with E-state index in [0.717, 1.165) is 23.9 Å². The SMILES string of the molecule is C1=NOCC1.O=c1ccc2ccccc2[nH]1. The van der Waals surface area contributed by atoms with Crippen molar-refractivity contribution in [1.29, 1.82) is 0 Å². The van der Waals surface area contributed by atoms with Gasteiger partial charge in [0.25, 0.3) is 0 Å². The third-order valence-electron chi connectivity index (χ3n) is 2.12. The molecule has 4 heteroatoms. The van der Waals surface area contributed by atoms with Gasteiger partial charge in [-0.05, 0) is 17.5 Å². The molecule has 0 saturated carbocycles. The summed E-state index contributed by atoms with van der Waals surface area (Å²) in [5.41, 5.74) is 0.837. The van der Waals surface area contributed by atoms with E-state index in [0.29, 0.717) is 0 Å². The third kappa shape index (κ3) is 2.70. The van der Waals surface area contributed by atoms with Gasteiger partial charge in [-0.1, -0.05) is 23.4 Å². The molecule has 0 aliphatic carbocycles. The van der Waals surface area contributed by atoms with Gasteiger partial charge in [0.1, 0.15) is 6.61 Å². The second kappa shape index (κ2) is 5.11. The highest BCUT2D eigenvalue weighted by molar-refractivity contribution is 5.77. The number of hydrogen-bond donors (Lipinski definition) is 1. The van der Waals surface area contributed by atoms with E-state index in [4.69, 9.17) is 0 Å². The number of nitrogens with zero attached hydrogens (tertiary/aromatic N) is 1. The summed E-state index contributed by atoms with van der Waals surface area (Å²) in [5, 5.41) is 4.52. The van der Waals surface area contributed by atoms with E-state index < -0.39 is 0 Å². The van der Waals surface area contributed by atoms with Crippen LogP contribution < -0.4 is 5.56 Å². The molecular formula is C12H12N2O2. The van der Waals surface area contributed by atoms with E-state index in [2.05, 4.69) is 15.0 Å². The number of oxime groups is 1. The molecule has 0 fully saturated rings. The summed E-state index contributed by atoms with van der Waals surface area (Å²) in [7, 11) is 0. The number of benzene rings is 1. The minimum Gasteiger partial charge on any atom is -0.396 e. The Morgan fingerprint density at radius 3 is 2.75 bits per heavy atom. The molecule has 1 aliphatic heterocycles. The predicted octanol–water partition coefficient (Wildman–Crippen LogP) is 1.92. The van der Waals surface area contributed by atoms with Gasteiger partial charge in [-0.3, -0.25) is 4.79 Å². The number of H-pyrrole nitrogens is 1. The van der Waals surface area contributed by atoms with Crippen LogP contribution >= 0.6 is 0 Å². The van der Waals surface area contributed by atoms with Crippen molar-refractivity contribution in [2.45, 2.75) is 6.42 Å². The van der Waals surface area contributed by atoms with Crippen LogP contribution in [0.2, 0.25) is 0 Å². The van der Waals surface area contributed by atoms with Crippen molar-refractivity contribution in [2.75, 3.05) is 6.61 Å². The monoisotopic (exact) mass is 216 g/mol. The number of aromatic amines is 1. The fourth-order valence-electron chi connectivity index (χ4n) is 1.36. The number of pyridine rings is 1. The molecular weight excluding hydrogens is 204 g/mol. The number of fused-ring (bicyclic) bond motifs is 1. The van der Waals surface area contributed by atoms with Gasteiger partial charge in [0.2, 0.25) is 5.56 Å². The number of rotatable bonds is 0. The quantitative estimate of drug-likeness (QED) is 0.731. The maximum atomic E-state index is 10.8. The standard InChI is InChI=1S/C9H7NO.C3H5NO/c11-9-6-5-7-3-1-2-4-8(7)10-9;1-2-4-5-3-1/h1-6H,(H,10,11);2H,1,3H2. The summed E-state index contributed by atoms with van der Waals surface area (Å²) in [4.78, 5) is 18.1. The lowest BCUT2D eigenvalue weighted by molar-refractivity contribution is 0.174. The number of nitrogens with one attached hydrogen (secondary N) is 1. The van der Waals surface area contributed by atoms with Crippen molar-refractivity contribution in [3.63, 3.8) is 0 Å². The maximum Gasteiger partial charge on any atom is 0.248 e. The van der Waals surface area contributed by atoms with Crippen molar-refractivity contribution in [1.82, 2.24) is 4.98 Å². The summed E-state index contributed by atoms with van der Waals surface area (Å²) in [6, 6.07) is 11.0. The van der Waals surface area contributed by atoms with Crippen LogP contribution in [0.25, 0.3) is 10.9 Å². The Balaban J connectivity index is 0.000000162. The molecule has 0 amide bonds. The Kier molecular flexibility index (Phi) is 3.33. The summed E-state index contributed by atoms with van der Waals surface area (Å²) in [6.07, 6.45) is 2.75. The lowest BCUT2D eigenvalue weighted by Gasteiger charge is -1.93. The first-order valence-electron chi connectivity index (χ1n) is 5.08. The molecule has 3 rings (SSSR count). The summed E-state index contributed by atoms with van der Waals surface area (Å²) in [5.74, 6) is 0. The fourth-order valence-corrected chi connectivity index (χ4v) is 1.36. The van der Waals surface area contributed by atoms with Gasteiger partial charge in [-0.25, -0.2) is 0 Å². The van der Waals surface area contributed by atoms with Gasteiger partial charge in [0.05, 0.1) is 0 Å². The predicted molar refractivity (Wildman–Crippen MR) is 63.6 cm³/mol. The molecule has 0 radical (unpaired) electrons. The molecule has 0 saturated heterocycles. The summed E-state index contributed by atoms with van der Waals surface area (Å²) in [6.45, 7) is 0.778. The van der Waals surface area contributed by atoms with E-state index in [1.54, 1.807) is 6.21 Å². The van der Waals surface area contributed by atoms with Crippen molar-refractivity contribution in [3.8, 4) is 0 Å². The van der Waals surface area contributed by atoms with Crippen LogP contribution in [0.4, 0.5) is 0 Å². The molecule has 0 bridgehead atoms. The first kappa shape index (κ1) is 10.4. The molecule has 1 aromatic carbocycles. The van der Waals surface area contributed by atoms with E-state index in [-0.39, 0.29) is 5.56 Å². The van der Waals surface area contributed by atoms with Crippen molar-refractivity contribution < 1.29 is 4.84 Å². The Morgan fingerprint density at radius 1 is 1.19 bits per heavy atom. The minimum absolute atomic E-state index is 0.0521. The highest BCUT2D eigenvalue weighted by Gasteiger charge is 1.89. The van der Waals surface area contributed by atoms with Gasteiger partial charge in [0.15, 0.2) is 0 Å². The normalized spacial score (nSPS) is 13.0. The maximum absolute atomic E-state index is 10.8. The molecule has 82 valence electrons. The van der Waals surface area contributed by atoms with Crippen LogP contribution in [-0.4, -0.2) is 17.8 Å². The molecule has 0 atom stereocenters. The second-order valence-electron chi connectivity index (χ2n) is 3.32. The lowest BCUT2D eigenvalue weighted by Crippen LogP contribution is -2.01. The van der Waals surface area contributed by atoms with E-state index in [1.165, 1.54) is 6.07 Å². The average molecular weight is 216 g/mol. The van der Waals surface area contributed by atoms with Gasteiger partial charge in [-0.15, -0.1) is 0 Å². The van der Waals surface area contributed by atoms with E-state index in [1.807, 2.05) is 30.3 Å². The molecule has 0 spiro atoms. The van der Waals surface area contributed by atoms with Crippen molar-refractivity contribution in [3.05, 3.63) is 46.8 Å².